The zero-order valence-corrected chi connectivity index (χ0v) is 16.9. The van der Waals surface area contributed by atoms with Gasteiger partial charge in [-0.25, -0.2) is 12.8 Å². The van der Waals surface area contributed by atoms with Crippen molar-refractivity contribution in [3.05, 3.63) is 94.2 Å². The fourth-order valence-corrected chi connectivity index (χ4v) is 3.82. The molecule has 0 aliphatic heterocycles. The molecule has 0 radical (unpaired) electrons. The highest BCUT2D eigenvalue weighted by atomic mass is 79.9. The number of hydrogen-bond acceptors (Lipinski definition) is 3. The lowest BCUT2D eigenvalue weighted by Gasteiger charge is -2.10. The molecule has 0 aromatic heterocycles. The molecule has 0 atom stereocenters. The zero-order chi connectivity index (χ0) is 20.1. The zero-order valence-electron chi connectivity index (χ0n) is 14.5. The molecule has 1 amide bonds. The minimum absolute atomic E-state index is 0.000370. The van der Waals surface area contributed by atoms with E-state index in [0.717, 1.165) is 4.47 Å². The largest absolute Gasteiger partial charge is 0.348 e. The van der Waals surface area contributed by atoms with Crippen LogP contribution in [0.2, 0.25) is 0 Å². The molecule has 3 aromatic carbocycles. The maximum absolute atomic E-state index is 13.7. The number of hydrogen-bond donors (Lipinski definition) is 2. The Morgan fingerprint density at radius 2 is 1.68 bits per heavy atom. The van der Waals surface area contributed by atoms with Crippen molar-refractivity contribution in [3.8, 4) is 0 Å². The Morgan fingerprint density at radius 3 is 2.39 bits per heavy atom. The molecule has 5 nitrogen and oxygen atoms in total. The maximum Gasteiger partial charge on any atom is 0.261 e. The quantitative estimate of drug-likeness (QED) is 0.572. The Hall–Kier alpha value is -2.71. The van der Waals surface area contributed by atoms with Crippen molar-refractivity contribution in [2.24, 2.45) is 0 Å². The Labute approximate surface area is 170 Å². The van der Waals surface area contributed by atoms with Crippen LogP contribution in [0.3, 0.4) is 0 Å². The van der Waals surface area contributed by atoms with E-state index in [2.05, 4.69) is 26.0 Å². The second-order valence-electron chi connectivity index (χ2n) is 5.91. The molecule has 0 aliphatic carbocycles. The van der Waals surface area contributed by atoms with E-state index in [0.29, 0.717) is 11.3 Å². The summed E-state index contributed by atoms with van der Waals surface area (Å²) in [4.78, 5) is 12.3. The highest BCUT2D eigenvalue weighted by molar-refractivity contribution is 9.10. The van der Waals surface area contributed by atoms with Crippen LogP contribution >= 0.6 is 15.9 Å². The normalized spacial score (nSPS) is 11.1. The van der Waals surface area contributed by atoms with Crippen molar-refractivity contribution < 1.29 is 17.6 Å². The molecule has 0 aliphatic rings. The number of amides is 1. The van der Waals surface area contributed by atoms with Crippen molar-refractivity contribution in [1.29, 1.82) is 0 Å². The van der Waals surface area contributed by atoms with Gasteiger partial charge in [-0.3, -0.25) is 9.52 Å². The predicted molar refractivity (Wildman–Crippen MR) is 109 cm³/mol. The summed E-state index contributed by atoms with van der Waals surface area (Å²) in [7, 11) is -3.86. The van der Waals surface area contributed by atoms with Gasteiger partial charge in [-0.15, -0.1) is 0 Å². The van der Waals surface area contributed by atoms with E-state index in [4.69, 9.17) is 0 Å². The van der Waals surface area contributed by atoms with Crippen LogP contribution in [0.1, 0.15) is 15.9 Å². The second-order valence-corrected chi connectivity index (χ2v) is 8.51. The molecular formula is C20H16BrFN2O3S. The first-order chi connectivity index (χ1) is 13.3. The summed E-state index contributed by atoms with van der Waals surface area (Å²) in [6.07, 6.45) is 0. The molecule has 0 unspecified atom stereocenters. The minimum Gasteiger partial charge on any atom is -0.348 e. The summed E-state index contributed by atoms with van der Waals surface area (Å²) in [5.74, 6) is -0.915. The van der Waals surface area contributed by atoms with Gasteiger partial charge in [0.2, 0.25) is 0 Å². The van der Waals surface area contributed by atoms with E-state index in [1.54, 1.807) is 42.5 Å². The maximum atomic E-state index is 13.7. The molecule has 144 valence electrons. The fraction of sp³-hybridized carbons (Fsp3) is 0.0500. The summed E-state index contributed by atoms with van der Waals surface area (Å²) < 4.78 is 42.1. The lowest BCUT2D eigenvalue weighted by molar-refractivity contribution is 0.0950. The molecular weight excluding hydrogens is 447 g/mol. The second kappa shape index (κ2) is 8.53. The van der Waals surface area contributed by atoms with Gasteiger partial charge in [0.25, 0.3) is 15.9 Å². The average molecular weight is 463 g/mol. The van der Waals surface area contributed by atoms with E-state index in [1.807, 2.05) is 0 Å². The third kappa shape index (κ3) is 4.96. The third-order valence-corrected chi connectivity index (χ3v) is 5.81. The van der Waals surface area contributed by atoms with Crippen molar-refractivity contribution in [3.63, 3.8) is 0 Å². The number of halogens is 2. The van der Waals surface area contributed by atoms with E-state index in [-0.39, 0.29) is 17.0 Å². The number of benzene rings is 3. The molecule has 0 saturated carbocycles. The van der Waals surface area contributed by atoms with E-state index in [1.165, 1.54) is 30.3 Å². The number of carbonyl (C=O) groups excluding carboxylic acids is 1. The van der Waals surface area contributed by atoms with Crippen LogP contribution in [-0.4, -0.2) is 14.3 Å². The lowest BCUT2D eigenvalue weighted by Crippen LogP contribution is -2.23. The molecule has 0 fully saturated rings. The molecule has 2 N–H and O–H groups in total. The first-order valence-electron chi connectivity index (χ1n) is 8.25. The molecule has 3 aromatic rings. The van der Waals surface area contributed by atoms with Gasteiger partial charge in [0, 0.05) is 27.8 Å². The van der Waals surface area contributed by atoms with Crippen molar-refractivity contribution >= 4 is 37.5 Å². The van der Waals surface area contributed by atoms with Gasteiger partial charge in [0.1, 0.15) is 5.82 Å². The van der Waals surface area contributed by atoms with Gasteiger partial charge >= 0.3 is 0 Å². The summed E-state index contributed by atoms with van der Waals surface area (Å²) >= 11 is 3.29. The number of carbonyl (C=O) groups is 1. The predicted octanol–water partition coefficient (Wildman–Crippen LogP) is 4.32. The number of rotatable bonds is 6. The van der Waals surface area contributed by atoms with Crippen LogP contribution in [-0.2, 0) is 16.6 Å². The molecule has 8 heteroatoms. The molecule has 28 heavy (non-hydrogen) atoms. The van der Waals surface area contributed by atoms with Gasteiger partial charge < -0.3 is 5.32 Å². The Balaban J connectivity index is 1.74. The monoisotopic (exact) mass is 462 g/mol. The fourth-order valence-electron chi connectivity index (χ4n) is 2.46. The van der Waals surface area contributed by atoms with Gasteiger partial charge in [-0.05, 0) is 48.5 Å². The Morgan fingerprint density at radius 1 is 0.964 bits per heavy atom. The lowest BCUT2D eigenvalue weighted by atomic mass is 10.2. The molecule has 0 heterocycles. The number of nitrogens with one attached hydrogen (secondary N) is 2. The van der Waals surface area contributed by atoms with Crippen LogP contribution in [0.15, 0.2) is 82.2 Å². The average Bonchev–Trinajstić information content (AvgIpc) is 2.69. The Kier molecular flexibility index (Phi) is 6.11. The van der Waals surface area contributed by atoms with Crippen LogP contribution in [0.4, 0.5) is 10.1 Å². The number of anilines is 1. The first-order valence-corrected chi connectivity index (χ1v) is 10.5. The van der Waals surface area contributed by atoms with Crippen LogP contribution in [0.25, 0.3) is 0 Å². The molecule has 0 bridgehead atoms. The highest BCUT2D eigenvalue weighted by Gasteiger charge is 2.17. The van der Waals surface area contributed by atoms with E-state index >= 15 is 0 Å². The van der Waals surface area contributed by atoms with Crippen LogP contribution in [0.5, 0.6) is 0 Å². The molecule has 0 saturated heterocycles. The van der Waals surface area contributed by atoms with Crippen LogP contribution < -0.4 is 10.0 Å². The van der Waals surface area contributed by atoms with Crippen LogP contribution in [0, 0.1) is 5.82 Å². The van der Waals surface area contributed by atoms with Gasteiger partial charge in [-0.1, -0.05) is 40.2 Å². The minimum atomic E-state index is -3.86. The van der Waals surface area contributed by atoms with E-state index in [9.17, 15) is 17.6 Å². The Bertz CT molecular complexity index is 1100. The summed E-state index contributed by atoms with van der Waals surface area (Å²) in [5.41, 5.74) is 0.907. The smallest absolute Gasteiger partial charge is 0.261 e. The van der Waals surface area contributed by atoms with Gasteiger partial charge in [0.05, 0.1) is 4.90 Å². The molecule has 0 spiro atoms. The van der Waals surface area contributed by atoms with Crippen molar-refractivity contribution in [1.82, 2.24) is 5.32 Å². The van der Waals surface area contributed by atoms with Crippen molar-refractivity contribution in [2.75, 3.05) is 4.72 Å². The summed E-state index contributed by atoms with van der Waals surface area (Å²) in [6.45, 7) is -0.000370. The number of sulfonamides is 1. The van der Waals surface area contributed by atoms with E-state index < -0.39 is 21.7 Å². The standard InChI is InChI=1S/C20H16BrFN2O3S/c21-16-8-10-17(11-9-16)24-28(26,27)18-6-3-5-14(12-18)20(25)23-13-15-4-1-2-7-19(15)22/h1-12,24H,13H2,(H,23,25). The molecule has 3 rings (SSSR count). The highest BCUT2D eigenvalue weighted by Crippen LogP contribution is 2.19. The summed E-state index contributed by atoms with van der Waals surface area (Å²) in [5, 5.41) is 2.59. The summed E-state index contributed by atoms with van der Waals surface area (Å²) in [6, 6.07) is 18.4. The third-order valence-electron chi connectivity index (χ3n) is 3.90. The topological polar surface area (TPSA) is 75.3 Å². The van der Waals surface area contributed by atoms with Gasteiger partial charge in [-0.2, -0.15) is 0 Å². The van der Waals surface area contributed by atoms with Crippen molar-refractivity contribution in [2.45, 2.75) is 11.4 Å². The SMILES string of the molecule is O=C(NCc1ccccc1F)c1cccc(S(=O)(=O)Nc2ccc(Br)cc2)c1. The van der Waals surface area contributed by atoms with Gasteiger partial charge in [0.15, 0.2) is 0 Å². The first kappa shape index (κ1) is 20.0.